The van der Waals surface area contributed by atoms with Crippen molar-refractivity contribution in [2.24, 2.45) is 0 Å². The summed E-state index contributed by atoms with van der Waals surface area (Å²) in [6, 6.07) is 3.44. The van der Waals surface area contributed by atoms with E-state index in [0.717, 1.165) is 4.68 Å². The molecule has 0 aliphatic rings. The number of amides is 1. The first kappa shape index (κ1) is 16.1. The highest BCUT2D eigenvalue weighted by Crippen LogP contribution is 2.25. The summed E-state index contributed by atoms with van der Waals surface area (Å²) in [5.41, 5.74) is -1.36. The Kier molecular flexibility index (Phi) is 4.84. The van der Waals surface area contributed by atoms with Gasteiger partial charge in [-0.2, -0.15) is 5.10 Å². The smallest absolute Gasteiger partial charge is 0.286 e. The molecule has 0 aliphatic heterocycles. The summed E-state index contributed by atoms with van der Waals surface area (Å²) in [6.07, 6.45) is -5.89. The number of hydrogen-bond acceptors (Lipinski definition) is 3. The van der Waals surface area contributed by atoms with E-state index in [1.165, 1.54) is 12.1 Å². The SMILES string of the molecule is CCNC(=O)c1ccc(Cn2nc(C(F)F)cc2C(F)F)o1. The Bertz CT molecular complexity index is 652. The lowest BCUT2D eigenvalue weighted by molar-refractivity contribution is 0.0925. The van der Waals surface area contributed by atoms with E-state index in [1.807, 2.05) is 0 Å². The second-order valence-electron chi connectivity index (χ2n) is 4.38. The molecular weight excluding hydrogens is 306 g/mol. The predicted octanol–water partition coefficient (Wildman–Crippen LogP) is 3.15. The van der Waals surface area contributed by atoms with Crippen LogP contribution in [0.4, 0.5) is 17.6 Å². The first-order chi connectivity index (χ1) is 10.4. The summed E-state index contributed by atoms with van der Waals surface area (Å²) in [4.78, 5) is 11.5. The minimum Gasteiger partial charge on any atom is -0.454 e. The Morgan fingerprint density at radius 3 is 2.64 bits per heavy atom. The molecular formula is C13H13F4N3O2. The van der Waals surface area contributed by atoms with Crippen LogP contribution in [0.25, 0.3) is 0 Å². The number of halogens is 4. The van der Waals surface area contributed by atoms with E-state index in [-0.39, 0.29) is 18.1 Å². The number of hydrogen-bond donors (Lipinski definition) is 1. The predicted molar refractivity (Wildman–Crippen MR) is 68.0 cm³/mol. The van der Waals surface area contributed by atoms with Crippen LogP contribution in [0, 0.1) is 0 Å². The summed E-state index contributed by atoms with van der Waals surface area (Å²) in [5.74, 6) is -0.277. The first-order valence-electron chi connectivity index (χ1n) is 6.43. The third-order valence-electron chi connectivity index (χ3n) is 2.81. The number of alkyl halides is 4. The van der Waals surface area contributed by atoms with Crippen LogP contribution in [0.15, 0.2) is 22.6 Å². The van der Waals surface area contributed by atoms with Gasteiger partial charge in [0.1, 0.15) is 17.1 Å². The third-order valence-corrected chi connectivity index (χ3v) is 2.81. The Labute approximate surface area is 122 Å². The molecule has 0 radical (unpaired) electrons. The molecule has 22 heavy (non-hydrogen) atoms. The van der Waals surface area contributed by atoms with E-state index in [9.17, 15) is 22.4 Å². The van der Waals surface area contributed by atoms with Crippen LogP contribution in [0.3, 0.4) is 0 Å². The molecule has 0 aromatic carbocycles. The van der Waals surface area contributed by atoms with E-state index in [2.05, 4.69) is 10.4 Å². The van der Waals surface area contributed by atoms with Gasteiger partial charge < -0.3 is 9.73 Å². The zero-order valence-corrected chi connectivity index (χ0v) is 11.5. The lowest BCUT2D eigenvalue weighted by Crippen LogP contribution is -2.21. The van der Waals surface area contributed by atoms with Crippen LogP contribution >= 0.6 is 0 Å². The molecule has 1 N–H and O–H groups in total. The highest BCUT2D eigenvalue weighted by Gasteiger charge is 2.22. The molecule has 9 heteroatoms. The van der Waals surface area contributed by atoms with Crippen molar-refractivity contribution in [2.45, 2.75) is 26.3 Å². The highest BCUT2D eigenvalue weighted by molar-refractivity contribution is 5.91. The molecule has 5 nitrogen and oxygen atoms in total. The molecule has 0 unspecified atom stereocenters. The Balaban J connectivity index is 2.21. The molecule has 0 saturated heterocycles. The fourth-order valence-electron chi connectivity index (χ4n) is 1.84. The van der Waals surface area contributed by atoms with Crippen molar-refractivity contribution in [2.75, 3.05) is 6.54 Å². The molecule has 2 heterocycles. The molecule has 0 bridgehead atoms. The second-order valence-corrected chi connectivity index (χ2v) is 4.38. The van der Waals surface area contributed by atoms with Crippen LogP contribution in [-0.4, -0.2) is 22.2 Å². The zero-order valence-electron chi connectivity index (χ0n) is 11.5. The highest BCUT2D eigenvalue weighted by atomic mass is 19.3. The fraction of sp³-hybridized carbons (Fsp3) is 0.385. The summed E-state index contributed by atoms with van der Waals surface area (Å²) >= 11 is 0. The van der Waals surface area contributed by atoms with Gasteiger partial charge in [-0.15, -0.1) is 0 Å². The summed E-state index contributed by atoms with van der Waals surface area (Å²) < 4.78 is 56.7. The Morgan fingerprint density at radius 1 is 1.32 bits per heavy atom. The van der Waals surface area contributed by atoms with Gasteiger partial charge in [0.15, 0.2) is 5.76 Å². The third kappa shape index (κ3) is 3.46. The van der Waals surface area contributed by atoms with Gasteiger partial charge in [0.25, 0.3) is 18.8 Å². The number of aromatic nitrogens is 2. The van der Waals surface area contributed by atoms with Crippen LogP contribution in [0.2, 0.25) is 0 Å². The van der Waals surface area contributed by atoms with E-state index in [4.69, 9.17) is 4.42 Å². The van der Waals surface area contributed by atoms with Gasteiger partial charge in [0.05, 0.1) is 6.54 Å². The van der Waals surface area contributed by atoms with Crippen molar-refractivity contribution in [3.8, 4) is 0 Å². The van der Waals surface area contributed by atoms with E-state index < -0.39 is 30.1 Å². The van der Waals surface area contributed by atoms with Gasteiger partial charge in [-0.3, -0.25) is 9.48 Å². The largest absolute Gasteiger partial charge is 0.454 e. The van der Waals surface area contributed by atoms with Crippen LogP contribution in [0.1, 0.15) is 47.5 Å². The molecule has 2 aromatic heterocycles. The molecule has 1 amide bonds. The lowest BCUT2D eigenvalue weighted by Gasteiger charge is -2.04. The molecule has 0 spiro atoms. The van der Waals surface area contributed by atoms with E-state index in [0.29, 0.717) is 12.6 Å². The Morgan fingerprint density at radius 2 is 2.05 bits per heavy atom. The maximum atomic E-state index is 12.8. The van der Waals surface area contributed by atoms with Crippen molar-refractivity contribution in [1.29, 1.82) is 0 Å². The van der Waals surface area contributed by atoms with Crippen molar-refractivity contribution in [1.82, 2.24) is 15.1 Å². The topological polar surface area (TPSA) is 60.1 Å². The van der Waals surface area contributed by atoms with Crippen molar-refractivity contribution >= 4 is 5.91 Å². The van der Waals surface area contributed by atoms with Crippen molar-refractivity contribution in [3.05, 3.63) is 41.1 Å². The van der Waals surface area contributed by atoms with Gasteiger partial charge in [-0.1, -0.05) is 0 Å². The minimum atomic E-state index is -2.95. The van der Waals surface area contributed by atoms with Crippen LogP contribution in [0.5, 0.6) is 0 Å². The fourth-order valence-corrected chi connectivity index (χ4v) is 1.84. The quantitative estimate of drug-likeness (QED) is 0.832. The van der Waals surface area contributed by atoms with Crippen molar-refractivity contribution < 1.29 is 26.8 Å². The van der Waals surface area contributed by atoms with Gasteiger partial charge in [-0.05, 0) is 25.1 Å². The standard InChI is InChI=1S/C13H13F4N3O2/c1-2-18-13(21)10-4-3-7(22-10)6-20-9(12(16)17)5-8(19-20)11(14)15/h3-5,11-12H,2,6H2,1H3,(H,18,21). The molecule has 2 aromatic rings. The Hall–Kier alpha value is -2.32. The van der Waals surface area contributed by atoms with Crippen LogP contribution < -0.4 is 5.32 Å². The average molecular weight is 319 g/mol. The number of rotatable bonds is 6. The average Bonchev–Trinajstić information content (AvgIpc) is 3.06. The summed E-state index contributed by atoms with van der Waals surface area (Å²) in [7, 11) is 0. The minimum absolute atomic E-state index is 0.0108. The molecule has 0 fully saturated rings. The number of carbonyl (C=O) groups excluding carboxylic acids is 1. The van der Waals surface area contributed by atoms with Gasteiger partial charge >= 0.3 is 0 Å². The molecule has 0 atom stereocenters. The number of nitrogens with zero attached hydrogens (tertiary/aromatic N) is 2. The molecule has 120 valence electrons. The maximum absolute atomic E-state index is 12.8. The molecule has 2 rings (SSSR count). The van der Waals surface area contributed by atoms with Gasteiger partial charge in [-0.25, -0.2) is 17.6 Å². The van der Waals surface area contributed by atoms with Crippen molar-refractivity contribution in [3.63, 3.8) is 0 Å². The van der Waals surface area contributed by atoms with Gasteiger partial charge in [0.2, 0.25) is 0 Å². The zero-order chi connectivity index (χ0) is 16.3. The summed E-state index contributed by atoms with van der Waals surface area (Å²) in [6.45, 7) is 1.86. The molecule has 0 saturated carbocycles. The number of furan rings is 1. The molecule has 0 aliphatic carbocycles. The monoisotopic (exact) mass is 319 g/mol. The van der Waals surface area contributed by atoms with E-state index in [1.54, 1.807) is 6.92 Å². The first-order valence-corrected chi connectivity index (χ1v) is 6.43. The number of carbonyl (C=O) groups is 1. The number of nitrogens with one attached hydrogen (secondary N) is 1. The van der Waals surface area contributed by atoms with Crippen LogP contribution in [-0.2, 0) is 6.54 Å². The summed E-state index contributed by atoms with van der Waals surface area (Å²) in [5, 5.41) is 5.96. The van der Waals surface area contributed by atoms with Gasteiger partial charge in [0, 0.05) is 6.54 Å². The van der Waals surface area contributed by atoms with E-state index >= 15 is 0 Å². The second kappa shape index (κ2) is 6.63. The lowest BCUT2D eigenvalue weighted by atomic mass is 10.3. The maximum Gasteiger partial charge on any atom is 0.286 e. The normalized spacial score (nSPS) is 11.4.